The van der Waals surface area contributed by atoms with E-state index in [9.17, 15) is 13.8 Å². The fraction of sp³-hybridized carbons (Fsp3) is 0.412. The fourth-order valence-electron chi connectivity index (χ4n) is 3.26. The van der Waals surface area contributed by atoms with Crippen LogP contribution < -0.4 is 5.76 Å². The molecule has 1 fully saturated rings. The Balaban J connectivity index is 1.65. The highest BCUT2D eigenvalue weighted by atomic mass is 79.9. The van der Waals surface area contributed by atoms with E-state index in [0.29, 0.717) is 17.3 Å². The molecule has 3 aromatic rings. The average Bonchev–Trinajstić information content (AvgIpc) is 3.30. The first-order valence-corrected chi connectivity index (χ1v) is 13.3. The van der Waals surface area contributed by atoms with E-state index in [0.717, 1.165) is 19.4 Å². The lowest BCUT2D eigenvalue weighted by atomic mass is 10.2. The van der Waals surface area contributed by atoms with Crippen molar-refractivity contribution in [2.75, 3.05) is 26.4 Å². The standard InChI is InChI=1S/C17H18BrFN5O4PS/c1-29(2,26)23-7-3-4-11(9-23)30-16-14(20-28-22-16)15-21-27-17(25)24(15)10-5-6-13(19)12(18)8-10/h5-6,8,11H,3-4,7,9H2,1-2H3. The van der Waals surface area contributed by atoms with Gasteiger partial charge < -0.3 is 4.57 Å². The Morgan fingerprint density at radius 1 is 1.30 bits per heavy atom. The molecular weight excluding hydrogens is 500 g/mol. The minimum Gasteiger partial charge on any atom is -0.307 e. The molecule has 0 saturated carbocycles. The maximum atomic E-state index is 13.6. The van der Waals surface area contributed by atoms with Crippen LogP contribution in [0.3, 0.4) is 0 Å². The van der Waals surface area contributed by atoms with Gasteiger partial charge in [0.25, 0.3) is 0 Å². The monoisotopic (exact) mass is 517 g/mol. The summed E-state index contributed by atoms with van der Waals surface area (Å²) in [5, 5.41) is 12.3. The van der Waals surface area contributed by atoms with Crippen molar-refractivity contribution in [3.05, 3.63) is 39.0 Å². The maximum Gasteiger partial charge on any atom is 0.446 e. The minimum absolute atomic E-state index is 0.103. The van der Waals surface area contributed by atoms with Gasteiger partial charge in [-0.2, -0.15) is 0 Å². The Labute approximate surface area is 183 Å². The van der Waals surface area contributed by atoms with E-state index in [4.69, 9.17) is 9.15 Å². The van der Waals surface area contributed by atoms with Crippen molar-refractivity contribution in [2.24, 2.45) is 0 Å². The van der Waals surface area contributed by atoms with Crippen LogP contribution in [0.1, 0.15) is 12.8 Å². The number of nitrogens with zero attached hydrogens (tertiary/aromatic N) is 5. The normalized spacial score (nSPS) is 18.1. The Morgan fingerprint density at radius 2 is 2.10 bits per heavy atom. The van der Waals surface area contributed by atoms with Gasteiger partial charge in [-0.1, -0.05) is 16.9 Å². The van der Waals surface area contributed by atoms with Crippen LogP contribution in [0.2, 0.25) is 0 Å². The van der Waals surface area contributed by atoms with Crippen molar-refractivity contribution in [3.63, 3.8) is 0 Å². The molecule has 1 unspecified atom stereocenters. The van der Waals surface area contributed by atoms with Gasteiger partial charge in [0.15, 0.2) is 10.7 Å². The molecule has 0 bridgehead atoms. The van der Waals surface area contributed by atoms with Crippen molar-refractivity contribution in [1.82, 2.24) is 24.7 Å². The second-order valence-electron chi connectivity index (χ2n) is 7.21. The van der Waals surface area contributed by atoms with Crippen LogP contribution in [0.15, 0.2) is 41.6 Å². The first kappa shape index (κ1) is 21.5. The summed E-state index contributed by atoms with van der Waals surface area (Å²) in [5.41, 5.74) is 0.602. The number of hydrogen-bond acceptors (Lipinski definition) is 8. The quantitative estimate of drug-likeness (QED) is 0.466. The fourth-order valence-corrected chi connectivity index (χ4v) is 6.12. The molecule has 1 atom stereocenters. The third kappa shape index (κ3) is 4.32. The summed E-state index contributed by atoms with van der Waals surface area (Å²) in [7, 11) is -2.34. The highest BCUT2D eigenvalue weighted by Gasteiger charge is 2.31. The zero-order valence-corrected chi connectivity index (χ0v) is 19.4. The number of halogens is 2. The Hall–Kier alpha value is -1.75. The van der Waals surface area contributed by atoms with Crippen molar-refractivity contribution in [3.8, 4) is 17.2 Å². The Kier molecular flexibility index (Phi) is 6.02. The predicted molar refractivity (Wildman–Crippen MR) is 113 cm³/mol. The van der Waals surface area contributed by atoms with Crippen molar-refractivity contribution >= 4 is 35.0 Å². The van der Waals surface area contributed by atoms with Crippen LogP contribution >= 0.6 is 35.0 Å². The van der Waals surface area contributed by atoms with Crippen molar-refractivity contribution in [1.29, 1.82) is 0 Å². The predicted octanol–water partition coefficient (Wildman–Crippen LogP) is 3.87. The summed E-state index contributed by atoms with van der Waals surface area (Å²) in [6.45, 7) is 4.97. The Bertz CT molecular complexity index is 1180. The molecule has 2 aromatic heterocycles. The summed E-state index contributed by atoms with van der Waals surface area (Å²) >= 11 is 4.55. The molecule has 0 N–H and O–H groups in total. The van der Waals surface area contributed by atoms with Crippen LogP contribution in [-0.4, -0.2) is 56.4 Å². The molecule has 0 radical (unpaired) electrons. The first-order valence-electron chi connectivity index (χ1n) is 9.08. The number of thioether (sulfide) groups is 1. The van der Waals surface area contributed by atoms with Crippen LogP contribution in [0.25, 0.3) is 17.2 Å². The lowest BCUT2D eigenvalue weighted by Crippen LogP contribution is -2.34. The molecule has 13 heteroatoms. The lowest BCUT2D eigenvalue weighted by molar-refractivity contribution is 0.299. The zero-order valence-electron chi connectivity index (χ0n) is 16.1. The second-order valence-corrected chi connectivity index (χ2v) is 12.5. The van der Waals surface area contributed by atoms with Gasteiger partial charge in [-0.15, -0.1) is 0 Å². The van der Waals surface area contributed by atoms with Gasteiger partial charge in [0, 0.05) is 31.7 Å². The van der Waals surface area contributed by atoms with Crippen molar-refractivity contribution in [2.45, 2.75) is 23.1 Å². The molecule has 4 rings (SSSR count). The van der Waals surface area contributed by atoms with Crippen LogP contribution in [0.4, 0.5) is 4.39 Å². The smallest absolute Gasteiger partial charge is 0.307 e. The van der Waals surface area contributed by atoms with Crippen LogP contribution in [0.5, 0.6) is 0 Å². The summed E-state index contributed by atoms with van der Waals surface area (Å²) < 4.78 is 39.2. The number of aromatic nitrogens is 4. The van der Waals surface area contributed by atoms with E-state index >= 15 is 0 Å². The minimum atomic E-state index is -2.34. The van der Waals surface area contributed by atoms with E-state index in [1.807, 2.05) is 4.67 Å². The largest absolute Gasteiger partial charge is 0.446 e. The van der Waals surface area contributed by atoms with Gasteiger partial charge in [-0.05, 0) is 57.3 Å². The van der Waals surface area contributed by atoms with E-state index in [-0.39, 0.29) is 21.2 Å². The molecule has 1 saturated heterocycles. The molecule has 1 aliphatic heterocycles. The highest BCUT2D eigenvalue weighted by molar-refractivity contribution is 9.10. The molecular formula is C17H18BrFN5O4PS. The molecule has 0 aliphatic carbocycles. The summed E-state index contributed by atoms with van der Waals surface area (Å²) in [4.78, 5) is 12.3. The SMILES string of the molecule is CP(C)(=O)N1CCCC(Sc2nonc2-c2noc(=O)n2-c2ccc(F)c(Br)c2)C1. The molecule has 3 heterocycles. The topological polar surface area (TPSA) is 107 Å². The van der Waals surface area contributed by atoms with Gasteiger partial charge in [0.1, 0.15) is 13.1 Å². The van der Waals surface area contributed by atoms with Gasteiger partial charge in [-0.3, -0.25) is 9.19 Å². The number of piperidine rings is 1. The summed E-state index contributed by atoms with van der Waals surface area (Å²) in [5.74, 6) is -1.11. The highest BCUT2D eigenvalue weighted by Crippen LogP contribution is 2.45. The van der Waals surface area contributed by atoms with Gasteiger partial charge in [0.05, 0.1) is 10.2 Å². The molecule has 160 valence electrons. The molecule has 30 heavy (non-hydrogen) atoms. The van der Waals surface area contributed by atoms with E-state index in [1.54, 1.807) is 13.3 Å². The number of hydrogen-bond donors (Lipinski definition) is 0. The molecule has 0 spiro atoms. The molecule has 0 amide bonds. The van der Waals surface area contributed by atoms with E-state index in [2.05, 4.69) is 31.4 Å². The maximum absolute atomic E-state index is 13.6. The average molecular weight is 518 g/mol. The van der Waals surface area contributed by atoms with Gasteiger partial charge in [-0.25, -0.2) is 18.4 Å². The third-order valence-corrected chi connectivity index (χ3v) is 8.29. The van der Waals surface area contributed by atoms with E-state index < -0.39 is 18.9 Å². The first-order chi connectivity index (χ1) is 14.2. The van der Waals surface area contributed by atoms with Gasteiger partial charge >= 0.3 is 5.76 Å². The van der Waals surface area contributed by atoms with Crippen LogP contribution in [0, 0.1) is 5.82 Å². The number of rotatable bonds is 5. The van der Waals surface area contributed by atoms with Crippen LogP contribution in [-0.2, 0) is 4.57 Å². The Morgan fingerprint density at radius 3 is 2.83 bits per heavy atom. The zero-order chi connectivity index (χ0) is 21.5. The molecule has 1 aliphatic rings. The third-order valence-electron chi connectivity index (χ3n) is 4.75. The second kappa shape index (κ2) is 8.41. The molecule has 9 nitrogen and oxygen atoms in total. The summed E-state index contributed by atoms with van der Waals surface area (Å²) in [6.07, 6.45) is 1.84. The number of benzene rings is 1. The molecule has 1 aromatic carbocycles. The lowest BCUT2D eigenvalue weighted by Gasteiger charge is -2.34. The van der Waals surface area contributed by atoms with Gasteiger partial charge in [0.2, 0.25) is 5.82 Å². The van der Waals surface area contributed by atoms with E-state index in [1.165, 1.54) is 34.5 Å². The van der Waals surface area contributed by atoms with Crippen molar-refractivity contribution < 1.29 is 18.1 Å². The summed E-state index contributed by atoms with van der Waals surface area (Å²) in [6, 6.07) is 4.10.